The van der Waals surface area contributed by atoms with E-state index < -0.39 is 15.9 Å². The molecule has 0 aliphatic heterocycles. The second-order valence-electron chi connectivity index (χ2n) is 5.36. The normalized spacial score (nSPS) is 13.8. The number of rotatable bonds is 4. The summed E-state index contributed by atoms with van der Waals surface area (Å²) in [6.07, 6.45) is 2.82. The Morgan fingerprint density at radius 1 is 1.04 bits per heavy atom. The molecule has 6 heteroatoms. The Bertz CT molecular complexity index is 902. The summed E-state index contributed by atoms with van der Waals surface area (Å²) in [6.45, 7) is 0. The van der Waals surface area contributed by atoms with Crippen molar-refractivity contribution >= 4 is 27.7 Å². The lowest BCUT2D eigenvalue weighted by atomic mass is 9.98. The summed E-state index contributed by atoms with van der Waals surface area (Å²) in [5.74, 6) is -0.600. The number of carbonyl (C=O) groups is 1. The maximum atomic E-state index is 12.6. The van der Waals surface area contributed by atoms with Gasteiger partial charge < -0.3 is 5.73 Å². The minimum absolute atomic E-state index is 0.258. The van der Waals surface area contributed by atoms with Crippen LogP contribution in [0.3, 0.4) is 0 Å². The van der Waals surface area contributed by atoms with Crippen LogP contribution in [0.25, 0.3) is 6.08 Å². The highest BCUT2D eigenvalue weighted by Crippen LogP contribution is 2.28. The molecule has 2 aromatic rings. The molecule has 1 amide bonds. The van der Waals surface area contributed by atoms with Gasteiger partial charge in [-0.15, -0.1) is 0 Å². The quantitative estimate of drug-likeness (QED) is 0.903. The third-order valence-corrected chi connectivity index (χ3v) is 5.27. The Kier molecular flexibility index (Phi) is 3.92. The number of fused-ring (bicyclic) bond motifs is 1. The van der Waals surface area contributed by atoms with E-state index in [1.54, 1.807) is 18.2 Å². The van der Waals surface area contributed by atoms with E-state index in [-0.39, 0.29) is 5.56 Å². The maximum absolute atomic E-state index is 12.6. The highest BCUT2D eigenvalue weighted by Gasteiger charge is 2.21. The summed E-state index contributed by atoms with van der Waals surface area (Å²) in [5.41, 5.74) is 7.85. The fourth-order valence-corrected chi connectivity index (χ4v) is 3.80. The molecule has 3 rings (SSSR count). The van der Waals surface area contributed by atoms with Crippen molar-refractivity contribution in [2.24, 2.45) is 5.73 Å². The molecule has 0 aromatic heterocycles. The number of benzene rings is 2. The molecule has 0 spiro atoms. The highest BCUT2D eigenvalue weighted by atomic mass is 32.2. The van der Waals surface area contributed by atoms with Crippen LogP contribution in [0, 0.1) is 0 Å². The van der Waals surface area contributed by atoms with Crippen LogP contribution in [0.4, 0.5) is 5.69 Å². The number of sulfonamides is 1. The van der Waals surface area contributed by atoms with Gasteiger partial charge in [0, 0.05) is 11.3 Å². The molecular weight excluding hydrogens is 312 g/mol. The summed E-state index contributed by atoms with van der Waals surface area (Å²) in [7, 11) is -3.66. The van der Waals surface area contributed by atoms with Crippen LogP contribution in [0.2, 0.25) is 0 Å². The largest absolute Gasteiger partial charge is 0.366 e. The number of nitrogens with two attached hydrogens (primary N) is 1. The second kappa shape index (κ2) is 5.89. The zero-order valence-corrected chi connectivity index (χ0v) is 13.1. The average molecular weight is 328 g/mol. The van der Waals surface area contributed by atoms with E-state index >= 15 is 0 Å². The lowest BCUT2D eigenvalue weighted by Gasteiger charge is -2.17. The van der Waals surface area contributed by atoms with E-state index in [1.807, 2.05) is 24.3 Å². The number of aryl methyl sites for hydroxylation is 1. The van der Waals surface area contributed by atoms with Crippen molar-refractivity contribution in [2.75, 3.05) is 4.72 Å². The molecule has 0 fully saturated rings. The van der Waals surface area contributed by atoms with Crippen molar-refractivity contribution in [3.8, 4) is 0 Å². The predicted molar refractivity (Wildman–Crippen MR) is 90.2 cm³/mol. The lowest BCUT2D eigenvalue weighted by Crippen LogP contribution is -2.18. The Hall–Kier alpha value is -2.60. The van der Waals surface area contributed by atoms with E-state index in [1.165, 1.54) is 12.1 Å². The van der Waals surface area contributed by atoms with Crippen molar-refractivity contribution in [1.29, 1.82) is 0 Å². The first-order chi connectivity index (χ1) is 11.0. The molecular formula is C17H16N2O3S. The molecule has 0 saturated heterocycles. The molecule has 118 valence electrons. The van der Waals surface area contributed by atoms with Crippen LogP contribution in [-0.2, 0) is 16.4 Å². The first-order valence-electron chi connectivity index (χ1n) is 7.17. The Balaban J connectivity index is 1.90. The minimum Gasteiger partial charge on any atom is -0.366 e. The first kappa shape index (κ1) is 15.3. The van der Waals surface area contributed by atoms with Gasteiger partial charge in [0.15, 0.2) is 0 Å². The van der Waals surface area contributed by atoms with Crippen LogP contribution < -0.4 is 10.5 Å². The van der Waals surface area contributed by atoms with Crippen LogP contribution >= 0.6 is 0 Å². The fraction of sp³-hybridized carbons (Fsp3) is 0.118. The van der Waals surface area contributed by atoms with E-state index in [0.717, 1.165) is 11.1 Å². The predicted octanol–water partition coefficient (Wildman–Crippen LogP) is 2.51. The Morgan fingerprint density at radius 3 is 2.61 bits per heavy atom. The van der Waals surface area contributed by atoms with Crippen LogP contribution in [0.1, 0.15) is 27.9 Å². The van der Waals surface area contributed by atoms with Gasteiger partial charge in [0.2, 0.25) is 5.91 Å². The lowest BCUT2D eigenvalue weighted by molar-refractivity contribution is 0.100. The molecule has 0 unspecified atom stereocenters. The third-order valence-electron chi connectivity index (χ3n) is 3.76. The number of carbonyl (C=O) groups excluding carboxylic acids is 1. The third kappa shape index (κ3) is 3.27. The molecule has 0 bridgehead atoms. The van der Waals surface area contributed by atoms with Gasteiger partial charge in [0.25, 0.3) is 10.0 Å². The van der Waals surface area contributed by atoms with Crippen molar-refractivity contribution < 1.29 is 13.2 Å². The summed E-state index contributed by atoms with van der Waals surface area (Å²) < 4.78 is 27.6. The van der Waals surface area contributed by atoms with Crippen molar-refractivity contribution in [3.05, 3.63) is 70.1 Å². The molecule has 3 N–H and O–H groups in total. The standard InChI is InChI=1S/C17H16N2O3S/c18-17(20)14-6-3-7-15(10-14)19-23(21,22)16-9-8-12-4-1-2-5-13(12)11-16/h1-7,10-11,19H,8-9H2,(H2,18,20). The van der Waals surface area contributed by atoms with Gasteiger partial charge in [-0.2, -0.15) is 0 Å². The number of hydrogen-bond acceptors (Lipinski definition) is 3. The summed E-state index contributed by atoms with van der Waals surface area (Å²) in [5, 5.41) is 0. The van der Waals surface area contributed by atoms with Crippen molar-refractivity contribution in [3.63, 3.8) is 0 Å². The summed E-state index contributed by atoms with van der Waals surface area (Å²) >= 11 is 0. The SMILES string of the molecule is NC(=O)c1cccc(NS(=O)(=O)C2=Cc3ccccc3CC2)c1. The zero-order chi connectivity index (χ0) is 16.4. The summed E-state index contributed by atoms with van der Waals surface area (Å²) in [4.78, 5) is 11.5. The van der Waals surface area contributed by atoms with E-state index in [0.29, 0.717) is 23.4 Å². The van der Waals surface area contributed by atoms with E-state index in [9.17, 15) is 13.2 Å². The number of nitrogens with one attached hydrogen (secondary N) is 1. The number of allylic oxidation sites excluding steroid dienone is 1. The van der Waals surface area contributed by atoms with Gasteiger partial charge in [-0.05, 0) is 48.2 Å². The van der Waals surface area contributed by atoms with Crippen LogP contribution in [0.15, 0.2) is 53.4 Å². The average Bonchev–Trinajstić information content (AvgIpc) is 2.54. The van der Waals surface area contributed by atoms with Crippen molar-refractivity contribution in [2.45, 2.75) is 12.8 Å². The van der Waals surface area contributed by atoms with Gasteiger partial charge in [-0.1, -0.05) is 30.3 Å². The van der Waals surface area contributed by atoms with E-state index in [4.69, 9.17) is 5.73 Å². The number of anilines is 1. The minimum atomic E-state index is -3.66. The highest BCUT2D eigenvalue weighted by molar-refractivity contribution is 7.96. The fourth-order valence-electron chi connectivity index (χ4n) is 2.57. The van der Waals surface area contributed by atoms with Crippen molar-refractivity contribution in [1.82, 2.24) is 0 Å². The van der Waals surface area contributed by atoms with Gasteiger partial charge in [-0.25, -0.2) is 8.42 Å². The topological polar surface area (TPSA) is 89.3 Å². The van der Waals surface area contributed by atoms with Gasteiger partial charge >= 0.3 is 0 Å². The molecule has 0 heterocycles. The molecule has 1 aliphatic rings. The molecule has 23 heavy (non-hydrogen) atoms. The zero-order valence-electron chi connectivity index (χ0n) is 12.3. The summed E-state index contributed by atoms with van der Waals surface area (Å²) in [6, 6.07) is 13.9. The number of amides is 1. The second-order valence-corrected chi connectivity index (χ2v) is 7.10. The van der Waals surface area contributed by atoms with Gasteiger partial charge in [0.1, 0.15) is 0 Å². The molecule has 0 radical (unpaired) electrons. The van der Waals surface area contributed by atoms with E-state index in [2.05, 4.69) is 4.72 Å². The van der Waals surface area contributed by atoms with Gasteiger partial charge in [0.05, 0.1) is 4.91 Å². The van der Waals surface area contributed by atoms with Gasteiger partial charge in [-0.3, -0.25) is 9.52 Å². The molecule has 2 aromatic carbocycles. The maximum Gasteiger partial charge on any atom is 0.258 e. The number of hydrogen-bond donors (Lipinski definition) is 2. The molecule has 1 aliphatic carbocycles. The Morgan fingerprint density at radius 2 is 1.83 bits per heavy atom. The monoisotopic (exact) mass is 328 g/mol. The van der Waals surface area contributed by atoms with Crippen LogP contribution in [0.5, 0.6) is 0 Å². The number of primary amides is 1. The molecule has 0 atom stereocenters. The molecule has 5 nitrogen and oxygen atoms in total. The van der Waals surface area contributed by atoms with Crippen LogP contribution in [-0.4, -0.2) is 14.3 Å². The first-order valence-corrected chi connectivity index (χ1v) is 8.65. The smallest absolute Gasteiger partial charge is 0.258 e. The Labute approximate surface area is 134 Å². The molecule has 0 saturated carbocycles.